The van der Waals surface area contributed by atoms with Gasteiger partial charge in [0.1, 0.15) is 0 Å². The minimum atomic E-state index is -1.05. The Morgan fingerprint density at radius 3 is 2.35 bits per heavy atom. The third-order valence-corrected chi connectivity index (χ3v) is 20.5. The van der Waals surface area contributed by atoms with E-state index >= 15 is 0 Å². The van der Waals surface area contributed by atoms with Gasteiger partial charge >= 0.3 is 201 Å². The second-order valence-corrected chi connectivity index (χ2v) is 21.3. The molecule has 0 aromatic heterocycles. The van der Waals surface area contributed by atoms with E-state index in [-0.39, 0.29) is 29.6 Å². The molecule has 1 aromatic rings. The van der Waals surface area contributed by atoms with Gasteiger partial charge in [0.15, 0.2) is 0 Å². The first kappa shape index (κ1) is 25.9. The van der Waals surface area contributed by atoms with E-state index in [0.717, 1.165) is 31.6 Å². The molecule has 0 radical (unpaired) electrons. The predicted octanol–water partition coefficient (Wildman–Crippen LogP) is 1.47. The van der Waals surface area contributed by atoms with E-state index in [1.54, 1.807) is 25.9 Å². The molecule has 3 aliphatic rings. The molecule has 0 aliphatic carbocycles. The third kappa shape index (κ3) is 6.34. The van der Waals surface area contributed by atoms with Crippen LogP contribution in [0.5, 0.6) is 0 Å². The summed E-state index contributed by atoms with van der Waals surface area (Å²) in [4.78, 5) is 45.3. The average molecular weight is 567 g/mol. The zero-order chi connectivity index (χ0) is 24.2. The molecule has 7 nitrogen and oxygen atoms in total. The van der Waals surface area contributed by atoms with Gasteiger partial charge in [-0.2, -0.15) is 0 Å². The molecule has 1 unspecified atom stereocenters. The monoisotopic (exact) mass is 566 g/mol. The zero-order valence-corrected chi connectivity index (χ0v) is 23.8. The summed E-state index contributed by atoms with van der Waals surface area (Å²) in [5.74, 6) is 3.02. The van der Waals surface area contributed by atoms with E-state index < -0.39 is 12.3 Å². The van der Waals surface area contributed by atoms with E-state index in [1.807, 2.05) is 9.80 Å². The van der Waals surface area contributed by atoms with Crippen LogP contribution in [0.25, 0.3) is 0 Å². The fraction of sp³-hybridized carbons (Fsp3) is 0.625. The quantitative estimate of drug-likeness (QED) is 0.466. The summed E-state index contributed by atoms with van der Waals surface area (Å²) in [6.07, 6.45) is 1.71. The molecular formula is C24H35AsN4O3S2. The number of nitrogens with zero attached hydrogens (tertiary/aromatic N) is 4. The molecule has 186 valence electrons. The molecule has 2 atom stereocenters. The van der Waals surface area contributed by atoms with Crippen LogP contribution in [-0.2, 0) is 14.4 Å². The Balaban J connectivity index is 1.47. The first-order chi connectivity index (χ1) is 16.3. The Bertz CT molecular complexity index is 895. The number of rotatable bonds is 7. The molecule has 0 bridgehead atoms. The summed E-state index contributed by atoms with van der Waals surface area (Å²) < 4.78 is 1.45. The molecule has 4 rings (SSSR count). The number of carbonyl (C=O) groups excluding carboxylic acids is 3. The van der Waals surface area contributed by atoms with Crippen molar-refractivity contribution >= 4 is 60.1 Å². The molecule has 10 heteroatoms. The van der Waals surface area contributed by atoms with Crippen LogP contribution in [0.3, 0.4) is 0 Å². The van der Waals surface area contributed by atoms with Gasteiger partial charge in [-0.15, -0.1) is 0 Å². The van der Waals surface area contributed by atoms with Crippen LogP contribution >= 0.6 is 20.0 Å². The molecule has 3 aliphatic heterocycles. The van der Waals surface area contributed by atoms with Crippen LogP contribution in [0.15, 0.2) is 24.3 Å². The van der Waals surface area contributed by atoms with Gasteiger partial charge in [0.05, 0.1) is 0 Å². The minimum absolute atomic E-state index is 0.0721. The molecule has 3 amide bonds. The number of benzene rings is 1. The van der Waals surface area contributed by atoms with Crippen molar-refractivity contribution in [1.29, 1.82) is 0 Å². The first-order valence-electron chi connectivity index (χ1n) is 12.0. The normalized spacial score (nSPS) is 23.4. The molecule has 0 N–H and O–H groups in total. The van der Waals surface area contributed by atoms with Crippen LogP contribution in [-0.4, -0.2) is 110 Å². The molecule has 3 heterocycles. The Morgan fingerprint density at radius 2 is 1.74 bits per heavy atom. The summed E-state index contributed by atoms with van der Waals surface area (Å²) >= 11 is -1.05. The van der Waals surface area contributed by atoms with Crippen LogP contribution in [0.1, 0.15) is 19.8 Å². The predicted molar refractivity (Wildman–Crippen MR) is 143 cm³/mol. The van der Waals surface area contributed by atoms with Crippen molar-refractivity contribution < 1.29 is 14.4 Å². The van der Waals surface area contributed by atoms with Crippen molar-refractivity contribution in [3.05, 3.63) is 24.3 Å². The molecular weight excluding hydrogens is 531 g/mol. The van der Waals surface area contributed by atoms with Gasteiger partial charge in [-0.1, -0.05) is 0 Å². The molecule has 34 heavy (non-hydrogen) atoms. The summed E-state index contributed by atoms with van der Waals surface area (Å²) in [6, 6.07) is 8.71. The number of amides is 3. The second kappa shape index (κ2) is 11.7. The number of hydrogen-bond donors (Lipinski definition) is 0. The van der Waals surface area contributed by atoms with Gasteiger partial charge in [-0.25, -0.2) is 0 Å². The zero-order valence-electron chi connectivity index (χ0n) is 20.3. The maximum atomic E-state index is 13.8. The van der Waals surface area contributed by atoms with E-state index in [4.69, 9.17) is 0 Å². The number of anilines is 1. The topological polar surface area (TPSA) is 64.2 Å². The Labute approximate surface area is 214 Å². The first-order valence-corrected chi connectivity index (χ1v) is 19.4. The van der Waals surface area contributed by atoms with Gasteiger partial charge < -0.3 is 0 Å². The van der Waals surface area contributed by atoms with Crippen molar-refractivity contribution in [3.8, 4) is 0 Å². The summed E-state index contributed by atoms with van der Waals surface area (Å²) in [6.45, 7) is 5.51. The van der Waals surface area contributed by atoms with Crippen LogP contribution in [0.2, 0.25) is 0 Å². The van der Waals surface area contributed by atoms with Gasteiger partial charge in [0.25, 0.3) is 0 Å². The molecule has 3 fully saturated rings. The number of likely N-dealkylation sites (N-methyl/N-ethyl adjacent to an activating group) is 1. The van der Waals surface area contributed by atoms with Crippen LogP contribution in [0.4, 0.5) is 5.69 Å². The second-order valence-electron chi connectivity index (χ2n) is 9.52. The molecule has 0 saturated carbocycles. The van der Waals surface area contributed by atoms with E-state index in [1.165, 1.54) is 15.9 Å². The Kier molecular flexibility index (Phi) is 8.94. The van der Waals surface area contributed by atoms with Crippen molar-refractivity contribution in [2.45, 2.75) is 19.8 Å². The fourth-order valence-corrected chi connectivity index (χ4v) is 18.9. The van der Waals surface area contributed by atoms with E-state index in [9.17, 15) is 14.4 Å². The van der Waals surface area contributed by atoms with Gasteiger partial charge in [-0.05, 0) is 0 Å². The van der Waals surface area contributed by atoms with Gasteiger partial charge in [0, 0.05) is 14.1 Å². The average Bonchev–Trinajstić information content (AvgIpc) is 3.59. The molecule has 0 spiro atoms. The van der Waals surface area contributed by atoms with Crippen molar-refractivity contribution in [2.24, 2.45) is 11.8 Å². The van der Waals surface area contributed by atoms with Crippen molar-refractivity contribution in [2.75, 3.05) is 69.8 Å². The maximum absolute atomic E-state index is 13.8. The number of likely N-dealkylation sites (tertiary alicyclic amines) is 2. The summed E-state index contributed by atoms with van der Waals surface area (Å²) in [5, 5.41) is 0. The Morgan fingerprint density at radius 1 is 1.03 bits per heavy atom. The van der Waals surface area contributed by atoms with Gasteiger partial charge in [-0.3, -0.25) is 0 Å². The van der Waals surface area contributed by atoms with Crippen molar-refractivity contribution in [3.63, 3.8) is 0 Å². The van der Waals surface area contributed by atoms with Crippen LogP contribution in [0, 0.1) is 11.8 Å². The van der Waals surface area contributed by atoms with Gasteiger partial charge in [0.2, 0.25) is 0 Å². The molecule has 3 saturated heterocycles. The number of carbonyl (C=O) groups is 3. The fourth-order valence-electron chi connectivity index (χ4n) is 4.76. The third-order valence-electron chi connectivity index (χ3n) is 6.79. The van der Waals surface area contributed by atoms with E-state index in [0.29, 0.717) is 26.2 Å². The molecule has 1 aromatic carbocycles. The summed E-state index contributed by atoms with van der Waals surface area (Å²) in [7, 11) is 7.79. The standard InChI is InChI=1S/C24H35AsN4O3S2/c1-18(30)28-11-8-19(14-28)15-29(22-6-4-21(5-7-22)25-33-12-13-34-25)24(32)20-9-10-27(16-20)17-23(31)26(2)3/h4-7,19-20H,8-17H2,1-3H3/t19?,20-/m1/s1. The van der Waals surface area contributed by atoms with E-state index in [2.05, 4.69) is 49.2 Å². The SMILES string of the molecule is CC(=O)N1CCC(CN(C(=O)[C@@H]2CCN(CC(=O)N(C)C)C2)c2ccc([As]3SCCS3)cc2)C1. The van der Waals surface area contributed by atoms with Crippen LogP contribution < -0.4 is 9.25 Å². The number of hydrogen-bond acceptors (Lipinski definition) is 6. The summed E-state index contributed by atoms with van der Waals surface area (Å²) in [5.41, 5.74) is 0.959. The van der Waals surface area contributed by atoms with Crippen molar-refractivity contribution in [1.82, 2.24) is 14.7 Å². The Hall–Kier alpha value is -1.15.